The molecule has 1 atom stereocenters. The second-order valence-corrected chi connectivity index (χ2v) is 6.25. The summed E-state index contributed by atoms with van der Waals surface area (Å²) in [5, 5.41) is 16.4. The van der Waals surface area contributed by atoms with Gasteiger partial charge in [0.05, 0.1) is 18.6 Å². The molecule has 0 aliphatic heterocycles. The molecule has 1 heterocycles. The van der Waals surface area contributed by atoms with Gasteiger partial charge in [0.2, 0.25) is 0 Å². The number of nitrogens with zero attached hydrogens (tertiary/aromatic N) is 2. The smallest absolute Gasteiger partial charge is 0.386 e. The van der Waals surface area contributed by atoms with E-state index in [1.54, 1.807) is 24.5 Å². The summed E-state index contributed by atoms with van der Waals surface area (Å²) in [5.41, 5.74) is 0.722. The first kappa shape index (κ1) is 19.5. The van der Waals surface area contributed by atoms with E-state index in [1.807, 2.05) is 6.92 Å². The highest BCUT2D eigenvalue weighted by molar-refractivity contribution is 5.80. The van der Waals surface area contributed by atoms with Crippen LogP contribution in [0.15, 0.2) is 29.5 Å². The van der Waals surface area contributed by atoms with Crippen LogP contribution in [0.5, 0.6) is 0 Å². The van der Waals surface area contributed by atoms with Crippen molar-refractivity contribution in [2.45, 2.75) is 50.9 Å². The van der Waals surface area contributed by atoms with Gasteiger partial charge in [0.25, 0.3) is 0 Å². The van der Waals surface area contributed by atoms with E-state index in [0.717, 1.165) is 5.56 Å². The fourth-order valence-corrected chi connectivity index (χ4v) is 2.95. The second-order valence-electron chi connectivity index (χ2n) is 6.25. The van der Waals surface area contributed by atoms with Gasteiger partial charge in [-0.05, 0) is 50.3 Å². The van der Waals surface area contributed by atoms with Crippen molar-refractivity contribution in [2.24, 2.45) is 10.9 Å². The molecule has 140 valence electrons. The first-order valence-corrected chi connectivity index (χ1v) is 8.59. The molecule has 25 heavy (non-hydrogen) atoms. The zero-order valence-electron chi connectivity index (χ0n) is 14.3. The highest BCUT2D eigenvalue weighted by atomic mass is 19.4. The van der Waals surface area contributed by atoms with Crippen LogP contribution in [0.4, 0.5) is 13.2 Å². The van der Waals surface area contributed by atoms with Gasteiger partial charge in [-0.1, -0.05) is 0 Å². The number of pyridine rings is 1. The number of guanidine groups is 1. The summed E-state index contributed by atoms with van der Waals surface area (Å²) in [6, 6.07) is 3.41. The number of hydrogen-bond donors (Lipinski definition) is 3. The van der Waals surface area contributed by atoms with E-state index in [-0.39, 0.29) is 25.4 Å². The molecular formula is C17H25F3N4O. The van der Waals surface area contributed by atoms with Crippen LogP contribution in [0.3, 0.4) is 0 Å². The number of aliphatic hydroxyl groups is 1. The predicted octanol–water partition coefficient (Wildman–Crippen LogP) is 2.79. The zero-order valence-corrected chi connectivity index (χ0v) is 14.3. The molecule has 8 heteroatoms. The number of aliphatic imine (C=N–C) groups is 1. The minimum absolute atomic E-state index is 0.0329. The standard InChI is InChI=1S/C17H25F3N4O/c1-2-22-16(23-11-15(25)12-7-9-21-10-8-12)24-14-5-3-13(4-6-14)17(18,19)20/h7-10,13-15,25H,2-6,11H2,1H3,(H2,22,23,24). The number of nitrogens with one attached hydrogen (secondary N) is 2. The van der Waals surface area contributed by atoms with Crippen molar-refractivity contribution in [1.82, 2.24) is 15.6 Å². The third kappa shape index (κ3) is 6.19. The van der Waals surface area contributed by atoms with Crippen LogP contribution in [-0.2, 0) is 0 Å². The van der Waals surface area contributed by atoms with Gasteiger partial charge < -0.3 is 15.7 Å². The Morgan fingerprint density at radius 2 is 1.92 bits per heavy atom. The Hall–Kier alpha value is -1.83. The number of aliphatic hydroxyl groups excluding tert-OH is 1. The van der Waals surface area contributed by atoms with Gasteiger partial charge in [-0.2, -0.15) is 13.2 Å². The van der Waals surface area contributed by atoms with Gasteiger partial charge in [0.1, 0.15) is 0 Å². The number of halogens is 3. The van der Waals surface area contributed by atoms with Gasteiger partial charge in [-0.25, -0.2) is 0 Å². The molecule has 1 aliphatic rings. The minimum atomic E-state index is -4.10. The number of hydrogen-bond acceptors (Lipinski definition) is 3. The van der Waals surface area contributed by atoms with E-state index in [9.17, 15) is 18.3 Å². The summed E-state index contributed by atoms with van der Waals surface area (Å²) in [5.74, 6) is -0.676. The molecule has 1 saturated carbocycles. The third-order valence-corrected chi connectivity index (χ3v) is 4.39. The molecule has 0 saturated heterocycles. The molecule has 1 fully saturated rings. The van der Waals surface area contributed by atoms with Gasteiger partial charge in [0, 0.05) is 25.0 Å². The average Bonchev–Trinajstić information content (AvgIpc) is 2.60. The van der Waals surface area contributed by atoms with Crippen molar-refractivity contribution in [3.8, 4) is 0 Å². The lowest BCUT2D eigenvalue weighted by Gasteiger charge is -2.31. The van der Waals surface area contributed by atoms with Gasteiger partial charge >= 0.3 is 6.18 Å². The largest absolute Gasteiger partial charge is 0.391 e. The molecule has 1 aliphatic carbocycles. The predicted molar refractivity (Wildman–Crippen MR) is 90.1 cm³/mol. The van der Waals surface area contributed by atoms with Gasteiger partial charge in [-0.3, -0.25) is 9.98 Å². The second kappa shape index (κ2) is 9.03. The molecule has 0 amide bonds. The Labute approximate surface area is 145 Å². The lowest BCUT2D eigenvalue weighted by atomic mass is 9.85. The topological polar surface area (TPSA) is 69.5 Å². The average molecular weight is 358 g/mol. The molecule has 0 aromatic carbocycles. The van der Waals surface area contributed by atoms with Crippen molar-refractivity contribution in [2.75, 3.05) is 13.1 Å². The zero-order chi connectivity index (χ0) is 18.3. The molecule has 0 radical (unpaired) electrons. The maximum absolute atomic E-state index is 12.7. The van der Waals surface area contributed by atoms with E-state index in [4.69, 9.17) is 0 Å². The van der Waals surface area contributed by atoms with Crippen LogP contribution in [0.2, 0.25) is 0 Å². The molecular weight excluding hydrogens is 333 g/mol. The Morgan fingerprint density at radius 1 is 1.28 bits per heavy atom. The maximum Gasteiger partial charge on any atom is 0.391 e. The Balaban J connectivity index is 1.88. The van der Waals surface area contributed by atoms with E-state index in [0.29, 0.717) is 25.3 Å². The Kier molecular flexibility index (Phi) is 7.04. The fourth-order valence-electron chi connectivity index (χ4n) is 2.95. The van der Waals surface area contributed by atoms with Gasteiger partial charge in [-0.15, -0.1) is 0 Å². The summed E-state index contributed by atoms with van der Waals surface area (Å²) >= 11 is 0. The van der Waals surface area contributed by atoms with Gasteiger partial charge in [0.15, 0.2) is 5.96 Å². The Morgan fingerprint density at radius 3 is 2.48 bits per heavy atom. The fraction of sp³-hybridized carbons (Fsp3) is 0.647. The van der Waals surface area contributed by atoms with Crippen molar-refractivity contribution < 1.29 is 18.3 Å². The van der Waals surface area contributed by atoms with E-state index >= 15 is 0 Å². The summed E-state index contributed by atoms with van der Waals surface area (Å²) in [7, 11) is 0. The van der Waals surface area contributed by atoms with E-state index in [1.165, 1.54) is 0 Å². The molecule has 3 N–H and O–H groups in total. The highest BCUT2D eigenvalue weighted by Crippen LogP contribution is 2.37. The van der Waals surface area contributed by atoms with Crippen molar-refractivity contribution in [3.63, 3.8) is 0 Å². The monoisotopic (exact) mass is 358 g/mol. The Bertz CT molecular complexity index is 543. The first-order valence-electron chi connectivity index (χ1n) is 8.59. The summed E-state index contributed by atoms with van der Waals surface area (Å²) < 4.78 is 38.2. The van der Waals surface area contributed by atoms with Crippen molar-refractivity contribution in [1.29, 1.82) is 0 Å². The molecule has 1 aromatic rings. The van der Waals surface area contributed by atoms with E-state index in [2.05, 4.69) is 20.6 Å². The van der Waals surface area contributed by atoms with Crippen molar-refractivity contribution >= 4 is 5.96 Å². The SMILES string of the molecule is CCNC(=NCC(O)c1ccncc1)NC1CCC(C(F)(F)F)CC1. The van der Waals surface area contributed by atoms with Crippen LogP contribution in [-0.4, -0.2) is 41.4 Å². The van der Waals surface area contributed by atoms with Crippen LogP contribution < -0.4 is 10.6 Å². The first-order chi connectivity index (χ1) is 11.9. The summed E-state index contributed by atoms with van der Waals surface area (Å²) in [6.45, 7) is 2.71. The number of rotatable bonds is 5. The highest BCUT2D eigenvalue weighted by Gasteiger charge is 2.41. The molecule has 1 unspecified atom stereocenters. The van der Waals surface area contributed by atoms with Crippen LogP contribution in [0.1, 0.15) is 44.3 Å². The number of aromatic nitrogens is 1. The molecule has 2 rings (SSSR count). The molecule has 1 aromatic heterocycles. The van der Waals surface area contributed by atoms with Crippen molar-refractivity contribution in [3.05, 3.63) is 30.1 Å². The third-order valence-electron chi connectivity index (χ3n) is 4.39. The normalized spacial score (nSPS) is 23.2. The molecule has 0 bridgehead atoms. The molecule has 5 nitrogen and oxygen atoms in total. The lowest BCUT2D eigenvalue weighted by molar-refractivity contribution is -0.182. The summed E-state index contributed by atoms with van der Waals surface area (Å²) in [4.78, 5) is 8.25. The quantitative estimate of drug-likeness (QED) is 0.559. The summed E-state index contributed by atoms with van der Waals surface area (Å²) in [6.07, 6.45) is -0.448. The maximum atomic E-state index is 12.7. The number of alkyl halides is 3. The van der Waals surface area contributed by atoms with Crippen LogP contribution in [0.25, 0.3) is 0 Å². The van der Waals surface area contributed by atoms with Crippen LogP contribution in [0, 0.1) is 5.92 Å². The minimum Gasteiger partial charge on any atom is -0.386 e. The lowest BCUT2D eigenvalue weighted by Crippen LogP contribution is -2.46. The van der Waals surface area contributed by atoms with E-state index < -0.39 is 18.2 Å². The molecule has 0 spiro atoms. The van der Waals surface area contributed by atoms with Crippen LogP contribution >= 0.6 is 0 Å².